The first kappa shape index (κ1) is 15.9. The molecule has 0 amide bonds. The largest absolute Gasteiger partial charge is 0.481 e. The van der Waals surface area contributed by atoms with Crippen LogP contribution >= 0.6 is 0 Å². The van der Waals surface area contributed by atoms with Crippen LogP contribution in [0.4, 0.5) is 0 Å². The molecule has 108 valence electrons. The number of hydrogen-bond acceptors (Lipinski definition) is 5. The Hall–Kier alpha value is -1.14. The molecule has 0 saturated carbocycles. The van der Waals surface area contributed by atoms with Gasteiger partial charge in [0.2, 0.25) is 5.88 Å². The van der Waals surface area contributed by atoms with Crippen molar-refractivity contribution in [3.8, 4) is 5.88 Å². The van der Waals surface area contributed by atoms with Crippen LogP contribution in [0.1, 0.15) is 18.9 Å². The number of rotatable bonds is 8. The maximum atomic E-state index is 11.2. The lowest BCUT2D eigenvalue weighted by molar-refractivity contribution is 0.397. The second-order valence-electron chi connectivity index (χ2n) is 4.59. The van der Waals surface area contributed by atoms with Crippen molar-refractivity contribution in [3.63, 3.8) is 0 Å². The summed E-state index contributed by atoms with van der Waals surface area (Å²) in [5.41, 5.74) is 1.07. The Labute approximate surface area is 115 Å². The van der Waals surface area contributed by atoms with E-state index in [1.54, 1.807) is 13.3 Å². The lowest BCUT2D eigenvalue weighted by Gasteiger charge is -2.17. The number of ether oxygens (including phenoxy) is 1. The molecule has 5 nitrogen and oxygen atoms in total. The van der Waals surface area contributed by atoms with Crippen LogP contribution in [0.5, 0.6) is 5.88 Å². The Bertz CT molecular complexity index is 471. The molecule has 1 N–H and O–H groups in total. The first-order valence-corrected chi connectivity index (χ1v) is 8.40. The molecule has 0 fully saturated rings. The van der Waals surface area contributed by atoms with Crippen molar-refractivity contribution in [3.05, 3.63) is 23.9 Å². The molecule has 0 aliphatic carbocycles. The summed E-state index contributed by atoms with van der Waals surface area (Å²) in [6.45, 7) is 2.83. The molecule has 0 aliphatic heterocycles. The van der Waals surface area contributed by atoms with E-state index in [4.69, 9.17) is 4.74 Å². The molecule has 0 radical (unpaired) electrons. The molecule has 1 rings (SSSR count). The highest BCUT2D eigenvalue weighted by Crippen LogP contribution is 2.10. The van der Waals surface area contributed by atoms with E-state index >= 15 is 0 Å². The minimum absolute atomic E-state index is 0.148. The van der Waals surface area contributed by atoms with Crippen LogP contribution in [0, 0.1) is 0 Å². The third-order valence-corrected chi connectivity index (χ3v) is 3.80. The summed E-state index contributed by atoms with van der Waals surface area (Å²) in [6.07, 6.45) is 4.41. The van der Waals surface area contributed by atoms with Crippen LogP contribution < -0.4 is 10.1 Å². The summed E-state index contributed by atoms with van der Waals surface area (Å²) in [5, 5.41) is 3.31. The Morgan fingerprint density at radius 3 is 2.63 bits per heavy atom. The highest BCUT2D eigenvalue weighted by atomic mass is 32.2. The van der Waals surface area contributed by atoms with Gasteiger partial charge in [-0.15, -0.1) is 0 Å². The van der Waals surface area contributed by atoms with Crippen LogP contribution in [-0.4, -0.2) is 45.1 Å². The smallest absolute Gasteiger partial charge is 0.212 e. The van der Waals surface area contributed by atoms with Crippen molar-refractivity contribution in [2.24, 2.45) is 0 Å². The second kappa shape index (κ2) is 7.45. The molecule has 0 bridgehead atoms. The molecule has 1 unspecified atom stereocenters. The minimum Gasteiger partial charge on any atom is -0.481 e. The summed E-state index contributed by atoms with van der Waals surface area (Å²) < 4.78 is 27.4. The molecule has 1 aromatic rings. The van der Waals surface area contributed by atoms with Crippen molar-refractivity contribution < 1.29 is 13.2 Å². The van der Waals surface area contributed by atoms with Crippen molar-refractivity contribution in [1.82, 2.24) is 10.3 Å². The lowest BCUT2D eigenvalue weighted by Crippen LogP contribution is -2.32. The fraction of sp³-hybridized carbons (Fsp3) is 0.615. The van der Waals surface area contributed by atoms with E-state index in [1.165, 1.54) is 6.26 Å². The van der Waals surface area contributed by atoms with Gasteiger partial charge in [-0.25, -0.2) is 13.4 Å². The van der Waals surface area contributed by atoms with E-state index < -0.39 is 9.84 Å². The predicted octanol–water partition coefficient (Wildman–Crippen LogP) is 1.05. The number of pyridine rings is 1. The summed E-state index contributed by atoms with van der Waals surface area (Å²) in [6, 6.07) is 3.92. The quantitative estimate of drug-likeness (QED) is 0.773. The van der Waals surface area contributed by atoms with Crippen molar-refractivity contribution in [2.75, 3.05) is 25.7 Å². The summed E-state index contributed by atoms with van der Waals surface area (Å²) >= 11 is 0. The summed E-state index contributed by atoms with van der Waals surface area (Å²) in [4.78, 5) is 4.15. The van der Waals surface area contributed by atoms with Gasteiger partial charge < -0.3 is 10.1 Å². The zero-order valence-electron chi connectivity index (χ0n) is 11.7. The van der Waals surface area contributed by atoms with E-state index in [9.17, 15) is 8.42 Å². The number of nitrogens with zero attached hydrogens (tertiary/aromatic N) is 1. The van der Waals surface area contributed by atoms with Crippen LogP contribution in [0.3, 0.4) is 0 Å². The molecule has 19 heavy (non-hydrogen) atoms. The fourth-order valence-electron chi connectivity index (χ4n) is 1.86. The molecule has 1 heterocycles. The molecule has 6 heteroatoms. The minimum atomic E-state index is -2.92. The van der Waals surface area contributed by atoms with Gasteiger partial charge in [-0.05, 0) is 24.9 Å². The topological polar surface area (TPSA) is 68.3 Å². The number of hydrogen-bond donors (Lipinski definition) is 1. The fourth-order valence-corrected chi connectivity index (χ4v) is 2.57. The standard InChI is InChI=1S/C13H22N2O3S/c1-4-14-12(7-8-19(3,16)17)9-11-5-6-13(18-2)15-10-11/h5-6,10,12,14H,4,7-9H2,1-3H3. The van der Waals surface area contributed by atoms with Crippen molar-refractivity contribution >= 4 is 9.84 Å². The summed E-state index contributed by atoms with van der Waals surface area (Å²) in [7, 11) is -1.34. The average Bonchev–Trinajstić information content (AvgIpc) is 2.36. The number of methoxy groups -OCH3 is 1. The number of nitrogens with one attached hydrogen (secondary N) is 1. The van der Waals surface area contributed by atoms with E-state index in [-0.39, 0.29) is 11.8 Å². The van der Waals surface area contributed by atoms with Crippen molar-refractivity contribution in [2.45, 2.75) is 25.8 Å². The Balaban J connectivity index is 2.61. The number of likely N-dealkylation sites (N-methyl/N-ethyl adjacent to an activating group) is 1. The Morgan fingerprint density at radius 1 is 1.42 bits per heavy atom. The van der Waals surface area contributed by atoms with Gasteiger partial charge in [-0.2, -0.15) is 0 Å². The molecular weight excluding hydrogens is 264 g/mol. The second-order valence-corrected chi connectivity index (χ2v) is 6.85. The van der Waals surface area contributed by atoms with Gasteiger partial charge in [0, 0.05) is 24.6 Å². The van der Waals surface area contributed by atoms with Gasteiger partial charge in [-0.1, -0.05) is 13.0 Å². The third kappa shape index (κ3) is 6.54. The first-order chi connectivity index (χ1) is 8.94. The van der Waals surface area contributed by atoms with Gasteiger partial charge in [-0.3, -0.25) is 0 Å². The van der Waals surface area contributed by atoms with Gasteiger partial charge >= 0.3 is 0 Å². The van der Waals surface area contributed by atoms with Gasteiger partial charge in [0.05, 0.1) is 12.9 Å². The van der Waals surface area contributed by atoms with Gasteiger partial charge in [0.1, 0.15) is 9.84 Å². The molecule has 0 saturated heterocycles. The Morgan fingerprint density at radius 2 is 2.16 bits per heavy atom. The molecule has 0 aliphatic rings. The van der Waals surface area contributed by atoms with E-state index in [0.29, 0.717) is 12.3 Å². The molecule has 0 spiro atoms. The monoisotopic (exact) mass is 286 g/mol. The van der Waals surface area contributed by atoms with Crippen molar-refractivity contribution in [1.29, 1.82) is 0 Å². The highest BCUT2D eigenvalue weighted by Gasteiger charge is 2.12. The first-order valence-electron chi connectivity index (χ1n) is 6.34. The SMILES string of the molecule is CCNC(CCS(C)(=O)=O)Cc1ccc(OC)nc1. The van der Waals surface area contributed by atoms with Crippen LogP contribution in [0.2, 0.25) is 0 Å². The highest BCUT2D eigenvalue weighted by molar-refractivity contribution is 7.90. The summed E-state index contributed by atoms with van der Waals surface area (Å²) in [5.74, 6) is 0.786. The number of sulfone groups is 1. The van der Waals surface area contributed by atoms with E-state index in [2.05, 4.69) is 10.3 Å². The van der Waals surface area contributed by atoms with Gasteiger partial charge in [0.25, 0.3) is 0 Å². The van der Waals surface area contributed by atoms with Crippen LogP contribution in [0.15, 0.2) is 18.3 Å². The van der Waals surface area contributed by atoms with Crippen LogP contribution in [-0.2, 0) is 16.3 Å². The maximum absolute atomic E-state index is 11.2. The normalized spacial score (nSPS) is 13.2. The molecule has 1 aromatic heterocycles. The third-order valence-electron chi connectivity index (χ3n) is 2.82. The maximum Gasteiger partial charge on any atom is 0.212 e. The average molecular weight is 286 g/mol. The Kier molecular flexibility index (Phi) is 6.24. The zero-order valence-corrected chi connectivity index (χ0v) is 12.5. The molecule has 0 aromatic carbocycles. The molecular formula is C13H22N2O3S. The van der Waals surface area contributed by atoms with E-state index in [1.807, 2.05) is 19.1 Å². The van der Waals surface area contributed by atoms with Gasteiger partial charge in [0.15, 0.2) is 0 Å². The number of aromatic nitrogens is 1. The zero-order chi connectivity index (χ0) is 14.3. The van der Waals surface area contributed by atoms with E-state index in [0.717, 1.165) is 18.5 Å². The lowest BCUT2D eigenvalue weighted by atomic mass is 10.1. The van der Waals surface area contributed by atoms with Crippen LogP contribution in [0.25, 0.3) is 0 Å². The molecule has 1 atom stereocenters. The predicted molar refractivity (Wildman–Crippen MR) is 76.3 cm³/mol.